The number of likely N-dealkylation sites (N-methyl/N-ethyl adjacent to an activating group) is 1. The van der Waals surface area contributed by atoms with E-state index in [0.717, 1.165) is 11.1 Å². The van der Waals surface area contributed by atoms with E-state index in [1.807, 2.05) is 12.1 Å². The molecule has 2 aromatic rings. The number of rotatable bonds is 6. The molecule has 25 heavy (non-hydrogen) atoms. The van der Waals surface area contributed by atoms with Crippen LogP contribution >= 0.6 is 23.2 Å². The number of hydrogen-bond acceptors (Lipinski definition) is 3. The van der Waals surface area contributed by atoms with Crippen molar-refractivity contribution in [3.05, 3.63) is 63.6 Å². The zero-order valence-electron chi connectivity index (χ0n) is 14.3. The molecule has 0 aliphatic carbocycles. The molecule has 0 unspecified atom stereocenters. The minimum Gasteiger partial charge on any atom is -0.493 e. The fourth-order valence-electron chi connectivity index (χ4n) is 2.27. The largest absolute Gasteiger partial charge is 0.493 e. The van der Waals surface area contributed by atoms with Crippen LogP contribution in [0.3, 0.4) is 0 Å². The molecule has 0 saturated carbocycles. The molecule has 0 aliphatic heterocycles. The number of carbonyl (C=O) groups is 1. The van der Waals surface area contributed by atoms with Crippen molar-refractivity contribution >= 4 is 35.2 Å². The Morgan fingerprint density at radius 1 is 1.12 bits per heavy atom. The Hall–Kier alpha value is -2.17. The zero-order chi connectivity index (χ0) is 18.4. The van der Waals surface area contributed by atoms with E-state index in [-0.39, 0.29) is 5.91 Å². The van der Waals surface area contributed by atoms with Gasteiger partial charge < -0.3 is 14.4 Å². The molecule has 2 aromatic carbocycles. The van der Waals surface area contributed by atoms with Gasteiger partial charge in [-0.25, -0.2) is 0 Å². The monoisotopic (exact) mass is 379 g/mol. The number of ether oxygens (including phenoxy) is 2. The van der Waals surface area contributed by atoms with Crippen molar-refractivity contribution in [2.45, 2.75) is 6.54 Å². The summed E-state index contributed by atoms with van der Waals surface area (Å²) in [7, 11) is 4.80. The van der Waals surface area contributed by atoms with Crippen molar-refractivity contribution in [1.82, 2.24) is 4.90 Å². The molecular formula is C19H19Cl2NO3. The number of hydrogen-bond donors (Lipinski definition) is 0. The molecule has 132 valence electrons. The topological polar surface area (TPSA) is 38.8 Å². The normalized spacial score (nSPS) is 10.8. The first-order chi connectivity index (χ1) is 11.9. The number of methoxy groups -OCH3 is 2. The van der Waals surface area contributed by atoms with Gasteiger partial charge in [0.1, 0.15) is 0 Å². The Kier molecular flexibility index (Phi) is 6.73. The summed E-state index contributed by atoms with van der Waals surface area (Å²) >= 11 is 12.0. The predicted molar refractivity (Wildman–Crippen MR) is 102 cm³/mol. The van der Waals surface area contributed by atoms with Crippen molar-refractivity contribution in [2.75, 3.05) is 21.3 Å². The minimum absolute atomic E-state index is 0.124. The maximum Gasteiger partial charge on any atom is 0.246 e. The highest BCUT2D eigenvalue weighted by Gasteiger charge is 2.10. The minimum atomic E-state index is -0.124. The second-order valence-corrected chi connectivity index (χ2v) is 6.24. The maximum absolute atomic E-state index is 12.3. The van der Waals surface area contributed by atoms with Crippen molar-refractivity contribution in [3.8, 4) is 11.5 Å². The summed E-state index contributed by atoms with van der Waals surface area (Å²) in [5.74, 6) is 0.852. The lowest BCUT2D eigenvalue weighted by atomic mass is 10.1. The fraction of sp³-hybridized carbons (Fsp3) is 0.211. The molecule has 0 spiro atoms. The molecule has 0 bridgehead atoms. The smallest absolute Gasteiger partial charge is 0.246 e. The van der Waals surface area contributed by atoms with Crippen LogP contribution in [-0.2, 0) is 11.3 Å². The Balaban J connectivity index is 2.08. The molecule has 0 fully saturated rings. The van der Waals surface area contributed by atoms with Gasteiger partial charge in [0.2, 0.25) is 5.91 Å². The Morgan fingerprint density at radius 2 is 1.80 bits per heavy atom. The lowest BCUT2D eigenvalue weighted by molar-refractivity contribution is -0.125. The van der Waals surface area contributed by atoms with Crippen molar-refractivity contribution in [3.63, 3.8) is 0 Å². The molecule has 0 atom stereocenters. The van der Waals surface area contributed by atoms with E-state index in [1.165, 1.54) is 20.3 Å². The predicted octanol–water partition coefficient (Wildman–Crippen LogP) is 4.68. The van der Waals surface area contributed by atoms with Gasteiger partial charge in [0.15, 0.2) is 11.5 Å². The van der Waals surface area contributed by atoms with Gasteiger partial charge in [-0.15, -0.1) is 0 Å². The van der Waals surface area contributed by atoms with Crippen LogP contribution < -0.4 is 9.47 Å². The summed E-state index contributed by atoms with van der Waals surface area (Å²) in [6, 6.07) is 10.9. The average molecular weight is 380 g/mol. The first kappa shape index (κ1) is 19.2. The molecule has 0 aliphatic rings. The summed E-state index contributed by atoms with van der Waals surface area (Å²) in [5, 5.41) is 1.09. The quantitative estimate of drug-likeness (QED) is 0.683. The van der Waals surface area contributed by atoms with Crippen LogP contribution in [-0.4, -0.2) is 32.1 Å². The lowest BCUT2D eigenvalue weighted by Gasteiger charge is -2.15. The van der Waals surface area contributed by atoms with E-state index in [2.05, 4.69) is 0 Å². The van der Waals surface area contributed by atoms with Gasteiger partial charge in [0.05, 0.1) is 19.2 Å². The number of amides is 1. The Bertz CT molecular complexity index is 773. The van der Waals surface area contributed by atoms with Crippen LogP contribution in [0.15, 0.2) is 42.5 Å². The molecule has 2 rings (SSSR count). The first-order valence-corrected chi connectivity index (χ1v) is 8.29. The standard InChI is InChI=1S/C19H19Cl2NO3/c1-22(12-13-4-7-15(20)8-5-13)18(23)9-6-14-10-16(21)19(25-3)17(11-14)24-2/h4-11H,12H2,1-3H3/b9-6+. The number of benzene rings is 2. The summed E-state index contributed by atoms with van der Waals surface area (Å²) in [5.41, 5.74) is 1.75. The van der Waals surface area contributed by atoms with Crippen LogP contribution in [0, 0.1) is 0 Å². The summed E-state index contributed by atoms with van der Waals surface area (Å²) in [4.78, 5) is 13.9. The van der Waals surface area contributed by atoms with Crippen molar-refractivity contribution in [2.24, 2.45) is 0 Å². The van der Waals surface area contributed by atoms with Gasteiger partial charge in [-0.05, 0) is 41.5 Å². The van der Waals surface area contributed by atoms with E-state index in [4.69, 9.17) is 32.7 Å². The van der Waals surface area contributed by atoms with Crippen LogP contribution in [0.2, 0.25) is 10.0 Å². The number of nitrogens with zero attached hydrogens (tertiary/aromatic N) is 1. The third-order valence-electron chi connectivity index (χ3n) is 3.58. The van der Waals surface area contributed by atoms with Crippen LogP contribution in [0.25, 0.3) is 6.08 Å². The van der Waals surface area contributed by atoms with Gasteiger partial charge in [0.25, 0.3) is 0 Å². The third kappa shape index (κ3) is 5.15. The molecule has 4 nitrogen and oxygen atoms in total. The highest BCUT2D eigenvalue weighted by Crippen LogP contribution is 2.36. The fourth-order valence-corrected chi connectivity index (χ4v) is 2.69. The summed E-state index contributed by atoms with van der Waals surface area (Å²) in [6.45, 7) is 0.493. The summed E-state index contributed by atoms with van der Waals surface area (Å²) in [6.07, 6.45) is 3.18. The second-order valence-electron chi connectivity index (χ2n) is 5.39. The van der Waals surface area contributed by atoms with Gasteiger partial charge in [-0.2, -0.15) is 0 Å². The van der Waals surface area contributed by atoms with Gasteiger partial charge >= 0.3 is 0 Å². The molecule has 6 heteroatoms. The summed E-state index contributed by atoms with van der Waals surface area (Å²) < 4.78 is 10.4. The van der Waals surface area contributed by atoms with E-state index in [1.54, 1.807) is 42.3 Å². The van der Waals surface area contributed by atoms with E-state index < -0.39 is 0 Å². The Morgan fingerprint density at radius 3 is 2.40 bits per heavy atom. The number of halogens is 2. The molecule has 1 amide bonds. The Labute approximate surface area is 157 Å². The molecule has 0 N–H and O–H groups in total. The van der Waals surface area contributed by atoms with Gasteiger partial charge in [0, 0.05) is 24.7 Å². The highest BCUT2D eigenvalue weighted by atomic mass is 35.5. The SMILES string of the molecule is COc1cc(/C=C/C(=O)N(C)Cc2ccc(Cl)cc2)cc(Cl)c1OC. The average Bonchev–Trinajstić information content (AvgIpc) is 2.60. The zero-order valence-corrected chi connectivity index (χ0v) is 15.8. The molecule has 0 saturated heterocycles. The van der Waals surface area contributed by atoms with E-state index in [0.29, 0.717) is 28.1 Å². The van der Waals surface area contributed by atoms with Crippen LogP contribution in [0.1, 0.15) is 11.1 Å². The highest BCUT2D eigenvalue weighted by molar-refractivity contribution is 6.32. The number of carbonyl (C=O) groups excluding carboxylic acids is 1. The molecule has 0 radical (unpaired) electrons. The second kappa shape index (κ2) is 8.79. The van der Waals surface area contributed by atoms with Crippen LogP contribution in [0.4, 0.5) is 0 Å². The third-order valence-corrected chi connectivity index (χ3v) is 4.12. The molecular weight excluding hydrogens is 361 g/mol. The first-order valence-electron chi connectivity index (χ1n) is 7.53. The van der Waals surface area contributed by atoms with E-state index in [9.17, 15) is 4.79 Å². The lowest BCUT2D eigenvalue weighted by Crippen LogP contribution is -2.24. The van der Waals surface area contributed by atoms with Gasteiger partial charge in [-0.1, -0.05) is 35.3 Å². The molecule has 0 heterocycles. The van der Waals surface area contributed by atoms with E-state index >= 15 is 0 Å². The van der Waals surface area contributed by atoms with Crippen molar-refractivity contribution in [1.29, 1.82) is 0 Å². The van der Waals surface area contributed by atoms with Crippen LogP contribution in [0.5, 0.6) is 11.5 Å². The van der Waals surface area contributed by atoms with Gasteiger partial charge in [-0.3, -0.25) is 4.79 Å². The van der Waals surface area contributed by atoms with Crippen molar-refractivity contribution < 1.29 is 14.3 Å². The molecule has 0 aromatic heterocycles. The maximum atomic E-state index is 12.3.